The third kappa shape index (κ3) is 13.4. The number of aliphatic hydroxyl groups is 1. The first-order valence-electron chi connectivity index (χ1n) is 7.85. The van der Waals surface area contributed by atoms with Crippen LogP contribution >= 0.6 is 0 Å². The average Bonchev–Trinajstić information content (AvgIpc) is 2.38. The van der Waals surface area contributed by atoms with Gasteiger partial charge in [-0.15, -0.1) is 0 Å². The second-order valence-corrected chi connectivity index (χ2v) is 5.86. The molecule has 1 heteroatoms. The van der Waals surface area contributed by atoms with E-state index in [4.69, 9.17) is 5.11 Å². The molecule has 0 spiro atoms. The summed E-state index contributed by atoms with van der Waals surface area (Å²) in [6.07, 6.45) is 16.1. The van der Waals surface area contributed by atoms with Crippen molar-refractivity contribution in [3.8, 4) is 0 Å². The lowest BCUT2D eigenvalue weighted by Gasteiger charge is -2.01. The van der Waals surface area contributed by atoms with E-state index in [2.05, 4.69) is 51.7 Å². The van der Waals surface area contributed by atoms with Crippen LogP contribution in [0.5, 0.6) is 0 Å². The summed E-state index contributed by atoms with van der Waals surface area (Å²) in [5, 5.41) is 8.80. The zero-order chi connectivity index (χ0) is 16.1. The Labute approximate surface area is 131 Å². The van der Waals surface area contributed by atoms with Gasteiger partial charge in [0.05, 0.1) is 6.61 Å². The van der Waals surface area contributed by atoms with E-state index in [1.807, 2.05) is 13.0 Å². The Morgan fingerprint density at radius 3 is 1.90 bits per heavy atom. The molecule has 0 unspecified atom stereocenters. The predicted octanol–water partition coefficient (Wildman–Crippen LogP) is 5.90. The Bertz CT molecular complexity index is 419. The fourth-order valence-electron chi connectivity index (χ4n) is 1.98. The molecule has 1 nitrogen and oxygen atoms in total. The smallest absolute Gasteiger partial charge is 0.0614 e. The van der Waals surface area contributed by atoms with E-state index >= 15 is 0 Å². The molecule has 0 amide bonds. The van der Waals surface area contributed by atoms with Crippen LogP contribution in [0.4, 0.5) is 0 Å². The van der Waals surface area contributed by atoms with Crippen LogP contribution in [0.3, 0.4) is 0 Å². The van der Waals surface area contributed by atoms with Crippen LogP contribution in [-0.2, 0) is 0 Å². The predicted molar refractivity (Wildman–Crippen MR) is 95.4 cm³/mol. The molecule has 0 bridgehead atoms. The molecule has 118 valence electrons. The zero-order valence-corrected chi connectivity index (χ0v) is 14.3. The number of aliphatic hydroxyl groups excluding tert-OH is 1. The Hall–Kier alpha value is -1.34. The highest BCUT2D eigenvalue weighted by Crippen LogP contribution is 2.12. The molecule has 0 rings (SSSR count). The minimum Gasteiger partial charge on any atom is -0.392 e. The van der Waals surface area contributed by atoms with E-state index in [1.54, 1.807) is 0 Å². The van der Waals surface area contributed by atoms with Crippen molar-refractivity contribution in [1.82, 2.24) is 0 Å². The summed E-state index contributed by atoms with van der Waals surface area (Å²) in [7, 11) is 0. The summed E-state index contributed by atoms with van der Waals surface area (Å²) in [5.41, 5.74) is 5.24. The highest BCUT2D eigenvalue weighted by Gasteiger charge is 1.92. The molecular weight excluding hydrogens is 256 g/mol. The van der Waals surface area contributed by atoms with Crippen molar-refractivity contribution in [1.29, 1.82) is 0 Å². The lowest BCUT2D eigenvalue weighted by Crippen LogP contribution is -1.83. The molecule has 0 saturated carbocycles. The maximum Gasteiger partial charge on any atom is 0.0614 e. The molecular formula is C20H32O. The molecule has 0 aliphatic rings. The number of allylic oxidation sites excluding steroid dienone is 8. The minimum atomic E-state index is 0.151. The summed E-state index contributed by atoms with van der Waals surface area (Å²) < 4.78 is 0. The maximum atomic E-state index is 8.80. The first kappa shape index (κ1) is 19.7. The van der Waals surface area contributed by atoms with Gasteiger partial charge in [-0.25, -0.2) is 0 Å². The van der Waals surface area contributed by atoms with Gasteiger partial charge in [-0.05, 0) is 59.8 Å². The first-order chi connectivity index (χ1) is 9.95. The molecule has 0 radical (unpaired) electrons. The van der Waals surface area contributed by atoms with Crippen LogP contribution in [0.15, 0.2) is 59.3 Å². The van der Waals surface area contributed by atoms with Crippen molar-refractivity contribution in [2.24, 2.45) is 0 Å². The molecule has 0 heterocycles. The van der Waals surface area contributed by atoms with Crippen LogP contribution in [0.25, 0.3) is 0 Å². The van der Waals surface area contributed by atoms with Gasteiger partial charge < -0.3 is 5.11 Å². The number of hydrogen-bond donors (Lipinski definition) is 1. The highest BCUT2D eigenvalue weighted by molar-refractivity contribution is 5.15. The van der Waals surface area contributed by atoms with E-state index in [-0.39, 0.29) is 6.61 Å². The van der Waals surface area contributed by atoms with Crippen molar-refractivity contribution in [3.05, 3.63) is 59.3 Å². The second kappa shape index (κ2) is 12.4. The fraction of sp³-hybridized carbons (Fsp3) is 0.500. The quantitative estimate of drug-likeness (QED) is 0.392. The molecule has 0 aromatic carbocycles. The Morgan fingerprint density at radius 1 is 0.857 bits per heavy atom. The lowest BCUT2D eigenvalue weighted by atomic mass is 10.1. The van der Waals surface area contributed by atoms with E-state index in [1.165, 1.54) is 16.7 Å². The Morgan fingerprint density at radius 2 is 1.38 bits per heavy atom. The van der Waals surface area contributed by atoms with Crippen molar-refractivity contribution >= 4 is 0 Å². The SMILES string of the molecule is C=C(C)C=CCC(C)=CCCC(C)=CCCC(C)=CCO. The minimum absolute atomic E-state index is 0.151. The topological polar surface area (TPSA) is 20.2 Å². The van der Waals surface area contributed by atoms with Crippen LogP contribution in [-0.4, -0.2) is 11.7 Å². The van der Waals surface area contributed by atoms with Gasteiger partial charge in [0.1, 0.15) is 0 Å². The fourth-order valence-corrected chi connectivity index (χ4v) is 1.98. The van der Waals surface area contributed by atoms with Gasteiger partial charge in [0.25, 0.3) is 0 Å². The van der Waals surface area contributed by atoms with Crippen LogP contribution < -0.4 is 0 Å². The summed E-state index contributed by atoms with van der Waals surface area (Å²) >= 11 is 0. The molecule has 0 saturated heterocycles. The first-order valence-corrected chi connectivity index (χ1v) is 7.85. The Kier molecular flexibility index (Phi) is 11.6. The average molecular weight is 288 g/mol. The summed E-state index contributed by atoms with van der Waals surface area (Å²) in [6.45, 7) is 12.5. The van der Waals surface area contributed by atoms with Crippen LogP contribution in [0.2, 0.25) is 0 Å². The summed E-state index contributed by atoms with van der Waals surface area (Å²) in [5.74, 6) is 0. The number of rotatable bonds is 10. The van der Waals surface area contributed by atoms with Gasteiger partial charge in [0.15, 0.2) is 0 Å². The van der Waals surface area contributed by atoms with E-state index < -0.39 is 0 Å². The summed E-state index contributed by atoms with van der Waals surface area (Å²) in [4.78, 5) is 0. The van der Waals surface area contributed by atoms with Crippen LogP contribution in [0, 0.1) is 0 Å². The molecule has 0 fully saturated rings. The molecule has 21 heavy (non-hydrogen) atoms. The zero-order valence-electron chi connectivity index (χ0n) is 14.3. The summed E-state index contributed by atoms with van der Waals surface area (Å²) in [6, 6.07) is 0. The Balaban J connectivity index is 3.98. The van der Waals surface area contributed by atoms with E-state index in [0.717, 1.165) is 37.7 Å². The molecule has 0 atom stereocenters. The molecule has 0 aliphatic heterocycles. The van der Waals surface area contributed by atoms with Crippen molar-refractivity contribution in [3.63, 3.8) is 0 Å². The van der Waals surface area contributed by atoms with Crippen molar-refractivity contribution in [2.45, 2.75) is 59.8 Å². The van der Waals surface area contributed by atoms with E-state index in [9.17, 15) is 0 Å². The molecule has 0 aliphatic carbocycles. The third-order valence-corrected chi connectivity index (χ3v) is 3.34. The van der Waals surface area contributed by atoms with Crippen molar-refractivity contribution < 1.29 is 5.11 Å². The third-order valence-electron chi connectivity index (χ3n) is 3.34. The molecule has 0 aromatic heterocycles. The van der Waals surface area contributed by atoms with Gasteiger partial charge in [0, 0.05) is 0 Å². The van der Waals surface area contributed by atoms with Gasteiger partial charge in [-0.1, -0.05) is 59.3 Å². The van der Waals surface area contributed by atoms with Crippen molar-refractivity contribution in [2.75, 3.05) is 6.61 Å². The molecule has 1 N–H and O–H groups in total. The van der Waals surface area contributed by atoms with Gasteiger partial charge in [-0.2, -0.15) is 0 Å². The lowest BCUT2D eigenvalue weighted by molar-refractivity contribution is 0.341. The normalized spacial score (nSPS) is 14.0. The highest BCUT2D eigenvalue weighted by atomic mass is 16.2. The molecule has 0 aromatic rings. The monoisotopic (exact) mass is 288 g/mol. The number of hydrogen-bond acceptors (Lipinski definition) is 1. The second-order valence-electron chi connectivity index (χ2n) is 5.86. The van der Waals surface area contributed by atoms with Gasteiger partial charge in [-0.3, -0.25) is 0 Å². The largest absolute Gasteiger partial charge is 0.392 e. The van der Waals surface area contributed by atoms with Crippen LogP contribution in [0.1, 0.15) is 59.8 Å². The standard InChI is InChI=1S/C20H32O/c1-17(2)9-6-10-18(3)11-7-12-19(4)13-8-14-20(5)15-16-21/h6,9,11,13,15,21H,1,7-8,10,12,14,16H2,2-5H3. The van der Waals surface area contributed by atoms with Gasteiger partial charge >= 0.3 is 0 Å². The van der Waals surface area contributed by atoms with Gasteiger partial charge in [0.2, 0.25) is 0 Å². The maximum absolute atomic E-state index is 8.80. The van der Waals surface area contributed by atoms with E-state index in [0.29, 0.717) is 0 Å².